The van der Waals surface area contributed by atoms with Gasteiger partial charge in [-0.05, 0) is 54.2 Å². The predicted molar refractivity (Wildman–Crippen MR) is 169 cm³/mol. The Morgan fingerprint density at radius 3 is 2.68 bits per heavy atom. The number of rotatable bonds is 11. The Kier molecular flexibility index (Phi) is 8.02. The standard InChI is InChI=1S/C32H36N8O4/c1-32(2)12-19-10-25(37-27(19)13-32)30(42)39-24-6-7-35-29(23(24)16-41)20-11-26(31(43)40(3)15-20)38-28-5-4-21(14-36-28)33-8-9-34-22-17-44-18-22/h4-7,10-11,14-16,22,33-34,37H,8-9,12-13,17-18H2,1-3H3,(H,36,38)(H,35,39,42). The van der Waals surface area contributed by atoms with Crippen LogP contribution < -0.4 is 26.8 Å². The number of H-pyrrole nitrogens is 1. The van der Waals surface area contributed by atoms with Gasteiger partial charge >= 0.3 is 0 Å². The number of anilines is 4. The zero-order chi connectivity index (χ0) is 30.8. The van der Waals surface area contributed by atoms with E-state index in [1.165, 1.54) is 10.8 Å². The van der Waals surface area contributed by atoms with E-state index >= 15 is 0 Å². The number of ether oxygens (including phenoxy) is 1. The summed E-state index contributed by atoms with van der Waals surface area (Å²) in [7, 11) is 1.62. The number of fused-ring (bicyclic) bond motifs is 1. The third kappa shape index (κ3) is 6.26. The molecule has 4 aromatic rings. The fourth-order valence-electron chi connectivity index (χ4n) is 5.63. The van der Waals surface area contributed by atoms with Crippen LogP contribution in [0.1, 0.15) is 46.0 Å². The van der Waals surface area contributed by atoms with Gasteiger partial charge in [0.1, 0.15) is 17.2 Å². The molecule has 0 atom stereocenters. The summed E-state index contributed by atoms with van der Waals surface area (Å²) in [5.41, 5.74) is 5.08. The number of aldehydes is 1. The minimum Gasteiger partial charge on any atom is -0.383 e. The third-order valence-corrected chi connectivity index (χ3v) is 7.93. The Hall–Kier alpha value is -4.81. The van der Waals surface area contributed by atoms with Crippen LogP contribution in [0.3, 0.4) is 0 Å². The van der Waals surface area contributed by atoms with Gasteiger partial charge in [-0.25, -0.2) is 4.98 Å². The highest BCUT2D eigenvalue weighted by molar-refractivity contribution is 6.07. The molecule has 0 unspecified atom stereocenters. The lowest BCUT2D eigenvalue weighted by Gasteiger charge is -2.27. The van der Waals surface area contributed by atoms with Crippen molar-refractivity contribution in [3.05, 3.63) is 81.8 Å². The summed E-state index contributed by atoms with van der Waals surface area (Å²) in [6.07, 6.45) is 7.27. The van der Waals surface area contributed by atoms with Crippen LogP contribution in [0.5, 0.6) is 0 Å². The zero-order valence-corrected chi connectivity index (χ0v) is 25.0. The minimum atomic E-state index is -0.339. The lowest BCUT2D eigenvalue weighted by atomic mass is 9.90. The van der Waals surface area contributed by atoms with E-state index in [4.69, 9.17) is 4.74 Å². The lowest BCUT2D eigenvalue weighted by molar-refractivity contribution is -0.00433. The van der Waals surface area contributed by atoms with Crippen LogP contribution in [0.15, 0.2) is 53.7 Å². The minimum absolute atomic E-state index is 0.171. The number of carbonyl (C=O) groups is 2. The molecule has 0 spiro atoms. The van der Waals surface area contributed by atoms with Gasteiger partial charge in [-0.1, -0.05) is 13.8 Å². The summed E-state index contributed by atoms with van der Waals surface area (Å²) in [6.45, 7) is 7.47. The third-order valence-electron chi connectivity index (χ3n) is 7.93. The predicted octanol–water partition coefficient (Wildman–Crippen LogP) is 3.50. The number of aryl methyl sites for hydroxylation is 1. The molecule has 2 aliphatic rings. The van der Waals surface area contributed by atoms with E-state index in [2.05, 4.69) is 50.1 Å². The second-order valence-electron chi connectivity index (χ2n) is 12.1. The van der Waals surface area contributed by atoms with Crippen molar-refractivity contribution >= 4 is 35.1 Å². The van der Waals surface area contributed by atoms with Crippen molar-refractivity contribution < 1.29 is 14.3 Å². The summed E-state index contributed by atoms with van der Waals surface area (Å²) in [5, 5.41) is 12.7. The number of amides is 1. The van der Waals surface area contributed by atoms with E-state index in [-0.39, 0.29) is 28.1 Å². The van der Waals surface area contributed by atoms with Crippen LogP contribution in [0.4, 0.5) is 22.9 Å². The number of aromatic amines is 1. The first-order valence-electron chi connectivity index (χ1n) is 14.6. The molecule has 5 heterocycles. The Morgan fingerprint density at radius 1 is 1.14 bits per heavy atom. The first kappa shape index (κ1) is 29.3. The van der Waals surface area contributed by atoms with Crippen LogP contribution in [0.2, 0.25) is 0 Å². The average Bonchev–Trinajstić information content (AvgIpc) is 3.48. The molecule has 0 aromatic carbocycles. The fraction of sp³-hybridized carbons (Fsp3) is 0.344. The molecule has 0 saturated carbocycles. The first-order chi connectivity index (χ1) is 21.2. The smallest absolute Gasteiger partial charge is 0.274 e. The number of pyridine rings is 3. The Bertz CT molecular complexity index is 1730. The second-order valence-corrected chi connectivity index (χ2v) is 12.1. The summed E-state index contributed by atoms with van der Waals surface area (Å²) in [6, 6.07) is 9.19. The van der Waals surface area contributed by atoms with Gasteiger partial charge in [0, 0.05) is 43.8 Å². The summed E-state index contributed by atoms with van der Waals surface area (Å²) >= 11 is 0. The number of hydrogen-bond acceptors (Lipinski definition) is 9. The molecule has 12 nitrogen and oxygen atoms in total. The van der Waals surface area contributed by atoms with Crippen LogP contribution in [0, 0.1) is 5.41 Å². The molecule has 1 fully saturated rings. The van der Waals surface area contributed by atoms with Gasteiger partial charge in [-0.15, -0.1) is 0 Å². The number of carbonyl (C=O) groups excluding carboxylic acids is 2. The van der Waals surface area contributed by atoms with E-state index in [1.54, 1.807) is 37.6 Å². The van der Waals surface area contributed by atoms with Crippen molar-refractivity contribution in [3.8, 4) is 11.3 Å². The molecule has 12 heteroatoms. The zero-order valence-electron chi connectivity index (χ0n) is 25.0. The van der Waals surface area contributed by atoms with Gasteiger partial charge in [0.15, 0.2) is 6.29 Å². The van der Waals surface area contributed by atoms with Crippen LogP contribution >= 0.6 is 0 Å². The molecule has 44 heavy (non-hydrogen) atoms. The molecule has 0 bridgehead atoms. The molecule has 1 aliphatic carbocycles. The summed E-state index contributed by atoms with van der Waals surface area (Å²) in [5.74, 6) is 0.147. The fourth-order valence-corrected chi connectivity index (χ4v) is 5.63. The molecule has 6 rings (SSSR count). The number of nitrogens with one attached hydrogen (secondary N) is 5. The molecule has 0 radical (unpaired) electrons. The second kappa shape index (κ2) is 12.1. The molecule has 1 amide bonds. The molecule has 1 saturated heterocycles. The summed E-state index contributed by atoms with van der Waals surface area (Å²) < 4.78 is 6.57. The quantitative estimate of drug-likeness (QED) is 0.129. The van der Waals surface area contributed by atoms with Gasteiger partial charge in [0.2, 0.25) is 0 Å². The van der Waals surface area contributed by atoms with E-state index in [0.29, 0.717) is 40.8 Å². The SMILES string of the molecule is Cn1cc(-c2nccc(NC(=O)c3cc4c([nH]3)CC(C)(C)C4)c2C=O)cc(Nc2ccc(NCCNC3COC3)cn2)c1=O. The molecule has 5 N–H and O–H groups in total. The maximum atomic E-state index is 13.1. The molecule has 1 aliphatic heterocycles. The van der Waals surface area contributed by atoms with Crippen molar-refractivity contribution in [1.82, 2.24) is 24.8 Å². The van der Waals surface area contributed by atoms with Gasteiger partial charge in [0.05, 0.1) is 48.1 Å². The monoisotopic (exact) mass is 596 g/mol. The van der Waals surface area contributed by atoms with E-state index in [0.717, 1.165) is 56.1 Å². The number of hydrogen-bond donors (Lipinski definition) is 5. The molecule has 228 valence electrons. The Labute approximate surface area is 254 Å². The van der Waals surface area contributed by atoms with Crippen molar-refractivity contribution in [3.63, 3.8) is 0 Å². The van der Waals surface area contributed by atoms with E-state index in [1.807, 2.05) is 12.1 Å². The van der Waals surface area contributed by atoms with Gasteiger partial charge in [0.25, 0.3) is 11.5 Å². The van der Waals surface area contributed by atoms with E-state index in [9.17, 15) is 14.4 Å². The number of nitrogens with zero attached hydrogens (tertiary/aromatic N) is 3. The maximum absolute atomic E-state index is 13.1. The van der Waals surface area contributed by atoms with Crippen molar-refractivity contribution in [2.45, 2.75) is 32.7 Å². The number of aromatic nitrogens is 4. The molecule has 4 aromatic heterocycles. The topological polar surface area (TPSA) is 155 Å². The molecular weight excluding hydrogens is 560 g/mol. The average molecular weight is 597 g/mol. The van der Waals surface area contributed by atoms with E-state index < -0.39 is 0 Å². The first-order valence-corrected chi connectivity index (χ1v) is 14.6. The highest BCUT2D eigenvalue weighted by Gasteiger charge is 2.31. The maximum Gasteiger partial charge on any atom is 0.274 e. The normalized spacial score (nSPS) is 15.3. The lowest BCUT2D eigenvalue weighted by Crippen LogP contribution is -2.47. The highest BCUT2D eigenvalue weighted by Crippen LogP contribution is 2.36. The van der Waals surface area contributed by atoms with Gasteiger partial charge in [-0.2, -0.15) is 0 Å². The Morgan fingerprint density at radius 2 is 1.98 bits per heavy atom. The van der Waals surface area contributed by atoms with Gasteiger partial charge < -0.3 is 35.6 Å². The highest BCUT2D eigenvalue weighted by atomic mass is 16.5. The van der Waals surface area contributed by atoms with Crippen molar-refractivity contribution in [1.29, 1.82) is 0 Å². The van der Waals surface area contributed by atoms with Crippen LogP contribution in [-0.2, 0) is 24.6 Å². The molecular formula is C32H36N8O4. The summed E-state index contributed by atoms with van der Waals surface area (Å²) in [4.78, 5) is 50.6. The van der Waals surface area contributed by atoms with Crippen molar-refractivity contribution in [2.75, 3.05) is 42.3 Å². The van der Waals surface area contributed by atoms with Crippen molar-refractivity contribution in [2.24, 2.45) is 12.5 Å². The van der Waals surface area contributed by atoms with Crippen LogP contribution in [0.25, 0.3) is 11.3 Å². The largest absolute Gasteiger partial charge is 0.383 e. The van der Waals surface area contributed by atoms with Crippen LogP contribution in [-0.4, -0.2) is 64.1 Å². The Balaban J connectivity index is 1.17. The van der Waals surface area contributed by atoms with Gasteiger partial charge in [-0.3, -0.25) is 19.4 Å².